The Hall–Kier alpha value is -1.63. The number of aromatic nitrogens is 1. The lowest BCUT2D eigenvalue weighted by atomic mass is 9.93. The Balaban J connectivity index is 1.31. The minimum Gasteiger partial charge on any atom is -0.338 e. The van der Waals surface area contributed by atoms with Gasteiger partial charge in [0.05, 0.1) is 5.69 Å². The van der Waals surface area contributed by atoms with Crippen LogP contribution in [0.25, 0.3) is 0 Å². The van der Waals surface area contributed by atoms with E-state index in [0.29, 0.717) is 31.3 Å². The number of fused-ring (bicyclic) bond motifs is 1. The Labute approximate surface area is 159 Å². The summed E-state index contributed by atoms with van der Waals surface area (Å²) in [5.41, 5.74) is 1.16. The number of aryl methyl sites for hydroxylation is 1. The lowest BCUT2D eigenvalue weighted by Gasteiger charge is -2.22. The van der Waals surface area contributed by atoms with Gasteiger partial charge in [0.1, 0.15) is 0 Å². The first kappa shape index (κ1) is 19.1. The predicted molar refractivity (Wildman–Crippen MR) is 105 cm³/mol. The van der Waals surface area contributed by atoms with Gasteiger partial charge in [-0.1, -0.05) is 26.2 Å². The zero-order chi connectivity index (χ0) is 18.4. The predicted octanol–water partition coefficient (Wildman–Crippen LogP) is 3.62. The number of hydrogen-bond donors (Lipinski definition) is 3. The molecule has 144 valence electrons. The van der Waals surface area contributed by atoms with E-state index in [9.17, 15) is 9.59 Å². The van der Waals surface area contributed by atoms with Crippen LogP contribution in [0.5, 0.6) is 0 Å². The van der Waals surface area contributed by atoms with Gasteiger partial charge in [-0.05, 0) is 44.4 Å². The summed E-state index contributed by atoms with van der Waals surface area (Å²) in [4.78, 5) is 29.8. The van der Waals surface area contributed by atoms with Crippen LogP contribution in [-0.4, -0.2) is 29.5 Å². The van der Waals surface area contributed by atoms with Crippen LogP contribution in [0.2, 0.25) is 0 Å². The lowest BCUT2D eigenvalue weighted by Crippen LogP contribution is -2.43. The van der Waals surface area contributed by atoms with Crippen LogP contribution >= 0.6 is 11.3 Å². The molecule has 0 radical (unpaired) electrons. The number of nitrogens with one attached hydrogen (secondary N) is 3. The van der Waals surface area contributed by atoms with Crippen LogP contribution in [0.3, 0.4) is 0 Å². The summed E-state index contributed by atoms with van der Waals surface area (Å²) < 4.78 is 0. The smallest absolute Gasteiger partial charge is 0.315 e. The van der Waals surface area contributed by atoms with Crippen molar-refractivity contribution in [1.29, 1.82) is 0 Å². The van der Waals surface area contributed by atoms with E-state index < -0.39 is 0 Å². The first-order chi connectivity index (χ1) is 12.6. The third kappa shape index (κ3) is 5.69. The van der Waals surface area contributed by atoms with Gasteiger partial charge in [0.2, 0.25) is 5.91 Å². The van der Waals surface area contributed by atoms with E-state index in [-0.39, 0.29) is 11.9 Å². The average molecular weight is 379 g/mol. The number of amides is 3. The third-order valence-electron chi connectivity index (χ3n) is 5.24. The molecule has 2 aliphatic carbocycles. The summed E-state index contributed by atoms with van der Waals surface area (Å²) >= 11 is 1.61. The second-order valence-corrected chi connectivity index (χ2v) is 8.71. The van der Waals surface area contributed by atoms with Gasteiger partial charge in [0.25, 0.3) is 0 Å². The Morgan fingerprint density at radius 1 is 1.19 bits per heavy atom. The van der Waals surface area contributed by atoms with Crippen molar-refractivity contribution in [1.82, 2.24) is 15.6 Å². The minimum absolute atomic E-state index is 0.0290. The molecule has 0 spiro atoms. The molecule has 0 saturated heterocycles. The number of nitrogens with zero attached hydrogens (tertiary/aromatic N) is 1. The summed E-state index contributed by atoms with van der Waals surface area (Å²) in [7, 11) is 0. The Bertz CT molecular complexity index is 625. The Kier molecular flexibility index (Phi) is 6.88. The molecule has 0 aromatic carbocycles. The molecular weight excluding hydrogens is 348 g/mol. The molecule has 1 saturated carbocycles. The molecule has 1 heterocycles. The van der Waals surface area contributed by atoms with Gasteiger partial charge in [0.15, 0.2) is 5.13 Å². The van der Waals surface area contributed by atoms with Gasteiger partial charge in [0, 0.05) is 23.9 Å². The zero-order valence-corrected chi connectivity index (χ0v) is 16.4. The van der Waals surface area contributed by atoms with E-state index in [1.807, 2.05) is 0 Å². The molecule has 1 fully saturated rings. The largest absolute Gasteiger partial charge is 0.338 e. The molecule has 1 atom stereocenters. The van der Waals surface area contributed by atoms with Crippen LogP contribution in [-0.2, 0) is 17.6 Å². The fraction of sp³-hybridized carbons (Fsp3) is 0.737. The van der Waals surface area contributed by atoms with E-state index in [1.54, 1.807) is 11.3 Å². The molecular formula is C19H30N4O2S. The van der Waals surface area contributed by atoms with Gasteiger partial charge in [-0.3, -0.25) is 4.79 Å². The number of carbonyl (C=O) groups is 2. The standard InChI is InChI=1S/C19H30N4O2S/c1-13-9-10-15-16(12-13)26-19(22-15)23-17(24)8-5-11-20-18(25)21-14-6-3-2-4-7-14/h13-14H,2-12H2,1H3,(H2,20,21,25)(H,22,23,24). The van der Waals surface area contributed by atoms with Gasteiger partial charge in [-0.2, -0.15) is 0 Å². The van der Waals surface area contributed by atoms with E-state index in [0.717, 1.165) is 36.5 Å². The molecule has 3 rings (SSSR count). The fourth-order valence-corrected chi connectivity index (χ4v) is 4.90. The number of carbonyl (C=O) groups excluding carboxylic acids is 2. The molecule has 0 aliphatic heterocycles. The fourth-order valence-electron chi connectivity index (χ4n) is 3.71. The lowest BCUT2D eigenvalue weighted by molar-refractivity contribution is -0.116. The summed E-state index contributed by atoms with van der Waals surface area (Å²) in [6.07, 6.45) is 10.1. The van der Waals surface area contributed by atoms with Gasteiger partial charge >= 0.3 is 6.03 Å². The van der Waals surface area contributed by atoms with E-state index >= 15 is 0 Å². The van der Waals surface area contributed by atoms with Crippen molar-refractivity contribution in [2.45, 2.75) is 77.2 Å². The average Bonchev–Trinajstić information content (AvgIpc) is 3.01. The highest BCUT2D eigenvalue weighted by molar-refractivity contribution is 7.15. The van der Waals surface area contributed by atoms with Crippen molar-refractivity contribution < 1.29 is 9.59 Å². The highest BCUT2D eigenvalue weighted by Crippen LogP contribution is 2.32. The number of urea groups is 1. The van der Waals surface area contributed by atoms with E-state index in [1.165, 1.54) is 30.6 Å². The van der Waals surface area contributed by atoms with Gasteiger partial charge in [-0.25, -0.2) is 9.78 Å². The number of rotatable bonds is 6. The van der Waals surface area contributed by atoms with Crippen molar-refractivity contribution in [3.8, 4) is 0 Å². The van der Waals surface area contributed by atoms with Crippen LogP contribution in [0.1, 0.15) is 68.9 Å². The molecule has 6 nitrogen and oxygen atoms in total. The SMILES string of the molecule is CC1CCc2nc(NC(=O)CCCNC(=O)NC3CCCCC3)sc2C1. The minimum atomic E-state index is -0.112. The van der Waals surface area contributed by atoms with Crippen molar-refractivity contribution in [2.75, 3.05) is 11.9 Å². The molecule has 1 aromatic rings. The van der Waals surface area contributed by atoms with Gasteiger partial charge in [-0.15, -0.1) is 11.3 Å². The molecule has 3 amide bonds. The van der Waals surface area contributed by atoms with Crippen LogP contribution in [0, 0.1) is 5.92 Å². The Morgan fingerprint density at radius 3 is 2.81 bits per heavy atom. The molecule has 2 aliphatic rings. The third-order valence-corrected chi connectivity index (χ3v) is 6.27. The molecule has 26 heavy (non-hydrogen) atoms. The van der Waals surface area contributed by atoms with E-state index in [2.05, 4.69) is 27.9 Å². The first-order valence-corrected chi connectivity index (χ1v) is 10.7. The molecule has 0 bridgehead atoms. The monoisotopic (exact) mass is 378 g/mol. The summed E-state index contributed by atoms with van der Waals surface area (Å²) in [5, 5.41) is 9.50. The van der Waals surface area contributed by atoms with E-state index in [4.69, 9.17) is 0 Å². The highest BCUT2D eigenvalue weighted by Gasteiger charge is 2.20. The molecule has 7 heteroatoms. The van der Waals surface area contributed by atoms with Crippen LogP contribution < -0.4 is 16.0 Å². The molecule has 3 N–H and O–H groups in total. The van der Waals surface area contributed by atoms with Crippen molar-refractivity contribution >= 4 is 28.4 Å². The zero-order valence-electron chi connectivity index (χ0n) is 15.6. The maximum Gasteiger partial charge on any atom is 0.315 e. The second-order valence-electron chi connectivity index (χ2n) is 7.62. The topological polar surface area (TPSA) is 83.1 Å². The summed E-state index contributed by atoms with van der Waals surface area (Å²) in [6, 6.07) is 0.199. The number of anilines is 1. The summed E-state index contributed by atoms with van der Waals surface area (Å²) in [6.45, 7) is 2.77. The highest BCUT2D eigenvalue weighted by atomic mass is 32.1. The maximum absolute atomic E-state index is 12.1. The van der Waals surface area contributed by atoms with Crippen molar-refractivity contribution in [2.24, 2.45) is 5.92 Å². The molecule has 1 aromatic heterocycles. The van der Waals surface area contributed by atoms with Crippen LogP contribution in [0.15, 0.2) is 0 Å². The number of hydrogen-bond acceptors (Lipinski definition) is 4. The maximum atomic E-state index is 12.1. The second kappa shape index (κ2) is 9.35. The molecule has 1 unspecified atom stereocenters. The Morgan fingerprint density at radius 2 is 2.00 bits per heavy atom. The number of thiazole rings is 1. The first-order valence-electron chi connectivity index (χ1n) is 9.93. The van der Waals surface area contributed by atoms with Crippen molar-refractivity contribution in [3.05, 3.63) is 10.6 Å². The summed E-state index contributed by atoms with van der Waals surface area (Å²) in [5.74, 6) is 0.677. The van der Waals surface area contributed by atoms with Gasteiger partial charge < -0.3 is 16.0 Å². The quantitative estimate of drug-likeness (QED) is 0.661. The van der Waals surface area contributed by atoms with Crippen LogP contribution in [0.4, 0.5) is 9.93 Å². The van der Waals surface area contributed by atoms with Crippen molar-refractivity contribution in [3.63, 3.8) is 0 Å². The normalized spacial score (nSPS) is 20.3.